The lowest BCUT2D eigenvalue weighted by atomic mass is 10.1. The van der Waals surface area contributed by atoms with E-state index in [-0.39, 0.29) is 5.82 Å². The number of halogens is 2. The number of benzene rings is 1. The van der Waals surface area contributed by atoms with E-state index in [1.54, 1.807) is 18.5 Å². The molecule has 5 rings (SSSR count). The molecule has 3 aromatic rings. The number of nitrogens with zero attached hydrogens (tertiary/aromatic N) is 5. The van der Waals surface area contributed by atoms with Crippen LogP contribution in [0, 0.1) is 12.7 Å². The van der Waals surface area contributed by atoms with Gasteiger partial charge in [0.15, 0.2) is 0 Å². The van der Waals surface area contributed by atoms with Gasteiger partial charge in [0.05, 0.1) is 40.8 Å². The van der Waals surface area contributed by atoms with Crippen molar-refractivity contribution in [1.82, 2.24) is 20.0 Å². The number of nitrogens with one attached hydrogen (secondary N) is 1. The highest BCUT2D eigenvalue weighted by atomic mass is 35.5. The van der Waals surface area contributed by atoms with Crippen LogP contribution in [-0.2, 0) is 6.54 Å². The van der Waals surface area contributed by atoms with E-state index in [1.165, 1.54) is 6.07 Å². The van der Waals surface area contributed by atoms with Crippen LogP contribution in [0.5, 0.6) is 0 Å². The van der Waals surface area contributed by atoms with Gasteiger partial charge in [-0.2, -0.15) is 10.2 Å². The number of aliphatic imine (C=N–C) groups is 1. The summed E-state index contributed by atoms with van der Waals surface area (Å²) in [7, 11) is 0. The molecule has 24 heavy (non-hydrogen) atoms. The summed E-state index contributed by atoms with van der Waals surface area (Å²) in [5.74, 6) is 0.983. The summed E-state index contributed by atoms with van der Waals surface area (Å²) in [5.41, 5.74) is 3.40. The Bertz CT molecular complexity index is 994. The molecule has 0 aliphatic carbocycles. The minimum absolute atomic E-state index is 0.303. The maximum atomic E-state index is 14.7. The maximum absolute atomic E-state index is 14.7. The van der Waals surface area contributed by atoms with E-state index in [2.05, 4.69) is 20.3 Å². The molecule has 120 valence electrons. The molecule has 2 aromatic heterocycles. The zero-order valence-electron chi connectivity index (χ0n) is 12.7. The monoisotopic (exact) mass is 342 g/mol. The van der Waals surface area contributed by atoms with Gasteiger partial charge in [0.25, 0.3) is 0 Å². The average molecular weight is 343 g/mol. The molecule has 1 N–H and O–H groups in total. The van der Waals surface area contributed by atoms with Crippen LogP contribution in [0.4, 0.5) is 15.9 Å². The number of hydrogen-bond acceptors (Lipinski definition) is 4. The number of aromatic nitrogens is 4. The van der Waals surface area contributed by atoms with Crippen molar-refractivity contribution < 1.29 is 4.39 Å². The molecular weight excluding hydrogens is 331 g/mol. The number of anilines is 1. The van der Waals surface area contributed by atoms with Crippen molar-refractivity contribution in [2.45, 2.75) is 13.5 Å². The van der Waals surface area contributed by atoms with E-state index in [0.29, 0.717) is 35.2 Å². The molecule has 8 heteroatoms. The Balaban J connectivity index is 1.83. The standard InChI is InChI=1S/C16H12ClFN6/c1-8-4-10(17)13(11(18)5-8)15-21-12-7-19-22-14(12)9-6-20-24-3-2-23(15)16(9)24/h4-7H,2-3H2,1H3,(H,19,22). The molecule has 0 spiro atoms. The molecule has 0 unspecified atom stereocenters. The Morgan fingerprint density at radius 2 is 2.12 bits per heavy atom. The second-order valence-corrected chi connectivity index (χ2v) is 6.33. The van der Waals surface area contributed by atoms with Crippen molar-refractivity contribution >= 4 is 28.9 Å². The highest BCUT2D eigenvalue weighted by molar-refractivity contribution is 6.35. The summed E-state index contributed by atoms with van der Waals surface area (Å²) in [6.45, 7) is 3.18. The van der Waals surface area contributed by atoms with Gasteiger partial charge < -0.3 is 4.90 Å². The van der Waals surface area contributed by atoms with Gasteiger partial charge in [0, 0.05) is 6.54 Å². The smallest absolute Gasteiger partial charge is 0.146 e. The van der Waals surface area contributed by atoms with Gasteiger partial charge in [-0.1, -0.05) is 11.6 Å². The van der Waals surface area contributed by atoms with Crippen molar-refractivity contribution in [2.24, 2.45) is 4.99 Å². The Hall–Kier alpha value is -2.67. The van der Waals surface area contributed by atoms with Gasteiger partial charge in [0.2, 0.25) is 0 Å². The Kier molecular flexibility index (Phi) is 2.67. The van der Waals surface area contributed by atoms with Crippen molar-refractivity contribution in [1.29, 1.82) is 0 Å². The summed E-state index contributed by atoms with van der Waals surface area (Å²) < 4.78 is 16.6. The van der Waals surface area contributed by atoms with Gasteiger partial charge in [-0.05, 0) is 24.6 Å². The molecule has 0 saturated carbocycles. The fourth-order valence-corrected chi connectivity index (χ4v) is 3.70. The lowest BCUT2D eigenvalue weighted by Crippen LogP contribution is -2.30. The topological polar surface area (TPSA) is 62.1 Å². The number of amidine groups is 1. The molecule has 1 aromatic carbocycles. The second kappa shape index (κ2) is 4.67. The van der Waals surface area contributed by atoms with Gasteiger partial charge >= 0.3 is 0 Å². The van der Waals surface area contributed by atoms with Crippen molar-refractivity contribution in [3.63, 3.8) is 0 Å². The first kappa shape index (κ1) is 13.7. The molecule has 0 bridgehead atoms. The minimum Gasteiger partial charge on any atom is -0.308 e. The number of fused-ring (bicyclic) bond motifs is 2. The Morgan fingerprint density at radius 3 is 2.96 bits per heavy atom. The van der Waals surface area contributed by atoms with E-state index in [1.807, 2.05) is 16.5 Å². The largest absolute Gasteiger partial charge is 0.308 e. The second-order valence-electron chi connectivity index (χ2n) is 5.93. The molecule has 0 amide bonds. The van der Waals surface area contributed by atoms with Crippen molar-refractivity contribution in [2.75, 3.05) is 11.4 Å². The van der Waals surface area contributed by atoms with Gasteiger partial charge in [-0.15, -0.1) is 0 Å². The van der Waals surface area contributed by atoms with E-state index in [9.17, 15) is 4.39 Å². The number of hydrogen-bond donors (Lipinski definition) is 1. The van der Waals surface area contributed by atoms with E-state index < -0.39 is 0 Å². The predicted molar refractivity (Wildman–Crippen MR) is 89.5 cm³/mol. The van der Waals surface area contributed by atoms with Crippen LogP contribution in [0.15, 0.2) is 29.5 Å². The maximum Gasteiger partial charge on any atom is 0.146 e. The van der Waals surface area contributed by atoms with Gasteiger partial charge in [0.1, 0.15) is 23.2 Å². The zero-order chi connectivity index (χ0) is 16.4. The highest BCUT2D eigenvalue weighted by Crippen LogP contribution is 2.42. The molecule has 2 aliphatic rings. The van der Waals surface area contributed by atoms with E-state index in [4.69, 9.17) is 11.6 Å². The van der Waals surface area contributed by atoms with E-state index in [0.717, 1.165) is 22.6 Å². The average Bonchev–Trinajstić information content (AvgIpc) is 3.19. The number of rotatable bonds is 1. The quantitative estimate of drug-likeness (QED) is 0.738. The summed E-state index contributed by atoms with van der Waals surface area (Å²) in [5, 5.41) is 11.8. The molecule has 0 saturated heterocycles. The molecule has 0 radical (unpaired) electrons. The van der Waals surface area contributed by atoms with Crippen LogP contribution in [0.3, 0.4) is 0 Å². The Labute approximate surface area is 141 Å². The van der Waals surface area contributed by atoms with Crippen LogP contribution in [0.25, 0.3) is 11.3 Å². The molecular formula is C16H12ClFN6. The molecule has 4 heterocycles. The van der Waals surface area contributed by atoms with Crippen LogP contribution in [0.1, 0.15) is 11.1 Å². The summed E-state index contributed by atoms with van der Waals surface area (Å²) >= 11 is 6.37. The number of aromatic amines is 1. The summed E-state index contributed by atoms with van der Waals surface area (Å²) in [6, 6.07) is 3.22. The number of H-pyrrole nitrogens is 1. The minimum atomic E-state index is -0.384. The molecule has 0 atom stereocenters. The fourth-order valence-electron chi connectivity index (χ4n) is 3.35. The molecule has 6 nitrogen and oxygen atoms in total. The molecule has 0 fully saturated rings. The number of aryl methyl sites for hydroxylation is 1. The Morgan fingerprint density at radius 1 is 1.25 bits per heavy atom. The third kappa shape index (κ3) is 1.73. The third-order valence-electron chi connectivity index (χ3n) is 4.38. The lowest BCUT2D eigenvalue weighted by Gasteiger charge is -2.20. The first-order chi connectivity index (χ1) is 11.6. The third-order valence-corrected chi connectivity index (χ3v) is 4.68. The lowest BCUT2D eigenvalue weighted by molar-refractivity contribution is 0.623. The predicted octanol–water partition coefficient (Wildman–Crippen LogP) is 3.29. The van der Waals surface area contributed by atoms with Crippen LogP contribution in [0.2, 0.25) is 5.02 Å². The fraction of sp³-hybridized carbons (Fsp3) is 0.188. The van der Waals surface area contributed by atoms with Crippen molar-refractivity contribution in [3.05, 3.63) is 46.5 Å². The van der Waals surface area contributed by atoms with Crippen molar-refractivity contribution in [3.8, 4) is 11.3 Å². The SMILES string of the molecule is Cc1cc(F)c(C2=Nc3cn[nH]c3-c3cnn4c3N2CC4)c(Cl)c1. The molecule has 2 aliphatic heterocycles. The first-order valence-corrected chi connectivity index (χ1v) is 7.93. The van der Waals surface area contributed by atoms with Crippen LogP contribution in [-0.4, -0.2) is 32.4 Å². The summed E-state index contributed by atoms with van der Waals surface area (Å²) in [4.78, 5) is 6.64. The zero-order valence-corrected chi connectivity index (χ0v) is 13.5. The first-order valence-electron chi connectivity index (χ1n) is 7.55. The van der Waals surface area contributed by atoms with Crippen LogP contribution < -0.4 is 4.90 Å². The highest BCUT2D eigenvalue weighted by Gasteiger charge is 2.34. The normalized spacial score (nSPS) is 15.1. The van der Waals surface area contributed by atoms with Crippen LogP contribution >= 0.6 is 11.6 Å². The summed E-state index contributed by atoms with van der Waals surface area (Å²) in [6.07, 6.45) is 3.41. The van der Waals surface area contributed by atoms with E-state index >= 15 is 0 Å². The van der Waals surface area contributed by atoms with Gasteiger partial charge in [-0.25, -0.2) is 14.1 Å². The van der Waals surface area contributed by atoms with Gasteiger partial charge in [-0.3, -0.25) is 5.10 Å².